The third kappa shape index (κ3) is 8.62. The average molecular weight is 1000 g/mol. The number of pyridine rings is 2. The maximum absolute atomic E-state index is 14.2. The molecular weight excluding hydrogens is 947 g/mol. The van der Waals surface area contributed by atoms with Crippen molar-refractivity contribution in [2.24, 2.45) is 0 Å². The predicted octanol–water partition coefficient (Wildman–Crippen LogP) is 7.96. The molecule has 0 bridgehead atoms. The highest BCUT2D eigenvalue weighted by Crippen LogP contribution is 2.44. The standard InChI is InChI=1S/C56H55N7O11/c1-6-37-39-23-33(64)13-18-44(39)58-49-41(37)28-62-45(49)25-43-42(54(62)70)29-72-55(71)56(43,7-2)27-48(67)74-36-19-21-61(22-20-36)53(69)31-9-14-34(15-10-31)73-35-16-11-32(12-17-35)63-50(59-60-51(63)52(68)57-8-3)40-24-38(30(4)5)46(65)26-47(40)66/h9-18,23-26,30,36,64-66H,6-8,19-22,27-29H2,1-5H3,(H,57,68). The molecule has 74 heavy (non-hydrogen) atoms. The van der Waals surface area contributed by atoms with E-state index in [1.165, 1.54) is 10.6 Å². The minimum Gasteiger partial charge on any atom is -0.508 e. The largest absolute Gasteiger partial charge is 0.508 e. The molecule has 1 atom stereocenters. The molecule has 10 rings (SSSR count). The summed E-state index contributed by atoms with van der Waals surface area (Å²) in [5, 5.41) is 43.6. The Kier molecular flexibility index (Phi) is 12.9. The number of nitrogens with one attached hydrogen (secondary N) is 1. The first-order chi connectivity index (χ1) is 35.6. The first-order valence-electron chi connectivity index (χ1n) is 24.9. The summed E-state index contributed by atoms with van der Waals surface area (Å²) in [6, 6.07) is 23.3. The van der Waals surface area contributed by atoms with Crippen molar-refractivity contribution in [2.75, 3.05) is 19.6 Å². The van der Waals surface area contributed by atoms with Crippen LogP contribution in [-0.4, -0.2) is 94.0 Å². The lowest BCUT2D eigenvalue weighted by molar-refractivity contribution is -0.163. The number of phenolic OH excluding ortho intramolecular Hbond substituents is 3. The number of piperidine rings is 1. The molecule has 0 aliphatic carbocycles. The molecule has 7 aromatic rings. The highest BCUT2D eigenvalue weighted by Gasteiger charge is 2.49. The number of rotatable bonds is 13. The van der Waals surface area contributed by atoms with Gasteiger partial charge in [-0.05, 0) is 121 Å². The highest BCUT2D eigenvalue weighted by atomic mass is 16.5. The molecule has 4 N–H and O–H groups in total. The summed E-state index contributed by atoms with van der Waals surface area (Å²) in [5.41, 5.74) is 4.53. The van der Waals surface area contributed by atoms with E-state index in [1.807, 2.05) is 26.8 Å². The van der Waals surface area contributed by atoms with Gasteiger partial charge in [0, 0.05) is 60.7 Å². The number of aromatic nitrogens is 5. The Labute approximate surface area is 425 Å². The molecule has 0 radical (unpaired) electrons. The van der Waals surface area contributed by atoms with Gasteiger partial charge in [0.15, 0.2) is 5.82 Å². The van der Waals surface area contributed by atoms with Crippen LogP contribution in [0.1, 0.15) is 115 Å². The minimum atomic E-state index is -1.46. The van der Waals surface area contributed by atoms with Gasteiger partial charge >= 0.3 is 11.9 Å². The Bertz CT molecular complexity index is 3470. The van der Waals surface area contributed by atoms with Gasteiger partial charge in [0.25, 0.3) is 17.4 Å². The molecule has 1 saturated heterocycles. The van der Waals surface area contributed by atoms with Crippen molar-refractivity contribution in [3.63, 3.8) is 0 Å². The van der Waals surface area contributed by atoms with E-state index in [2.05, 4.69) is 15.5 Å². The van der Waals surface area contributed by atoms with Crippen LogP contribution in [0.5, 0.6) is 28.7 Å². The fraction of sp³-hybridized carbons (Fsp3) is 0.321. The number of cyclic esters (lactones) is 1. The fourth-order valence-corrected chi connectivity index (χ4v) is 10.5. The van der Waals surface area contributed by atoms with E-state index in [4.69, 9.17) is 19.2 Å². The Balaban J connectivity index is 0.786. The maximum atomic E-state index is 14.2. The molecular formula is C56H55N7O11. The number of amides is 2. The number of hydrogen-bond acceptors (Lipinski definition) is 14. The van der Waals surface area contributed by atoms with Crippen LogP contribution in [0, 0.1) is 0 Å². The predicted molar refractivity (Wildman–Crippen MR) is 272 cm³/mol. The first-order valence-corrected chi connectivity index (χ1v) is 24.9. The van der Waals surface area contributed by atoms with Gasteiger partial charge < -0.3 is 44.3 Å². The van der Waals surface area contributed by atoms with Gasteiger partial charge in [-0.2, -0.15) is 0 Å². The van der Waals surface area contributed by atoms with Crippen LogP contribution in [0.15, 0.2) is 89.7 Å². The molecule has 4 aromatic carbocycles. The summed E-state index contributed by atoms with van der Waals surface area (Å²) in [4.78, 5) is 75.3. The Morgan fingerprint density at radius 2 is 1.58 bits per heavy atom. The number of esters is 2. The molecule has 1 fully saturated rings. The second kappa shape index (κ2) is 19.5. The van der Waals surface area contributed by atoms with Crippen molar-refractivity contribution < 1.29 is 48.7 Å². The van der Waals surface area contributed by atoms with Crippen LogP contribution in [0.25, 0.3) is 39.4 Å². The third-order valence-electron chi connectivity index (χ3n) is 14.5. The van der Waals surface area contributed by atoms with Gasteiger partial charge in [0.05, 0.1) is 41.0 Å². The van der Waals surface area contributed by atoms with Crippen LogP contribution in [0.3, 0.4) is 0 Å². The number of nitrogens with zero attached hydrogens (tertiary/aromatic N) is 6. The number of carbonyl (C=O) groups is 4. The smallest absolute Gasteiger partial charge is 0.317 e. The zero-order valence-electron chi connectivity index (χ0n) is 41.6. The number of fused-ring (bicyclic) bond motifs is 5. The second-order valence-electron chi connectivity index (χ2n) is 19.2. The van der Waals surface area contributed by atoms with Gasteiger partial charge in [-0.15, -0.1) is 10.2 Å². The number of aromatic hydroxyl groups is 3. The van der Waals surface area contributed by atoms with E-state index in [0.29, 0.717) is 95.2 Å². The fourth-order valence-electron chi connectivity index (χ4n) is 10.5. The Morgan fingerprint density at radius 1 is 0.865 bits per heavy atom. The van der Waals surface area contributed by atoms with E-state index in [-0.39, 0.29) is 77.8 Å². The number of aryl methyl sites for hydroxylation is 1. The number of ether oxygens (including phenoxy) is 3. The first kappa shape index (κ1) is 49.1. The zero-order valence-corrected chi connectivity index (χ0v) is 41.6. The maximum Gasteiger partial charge on any atom is 0.317 e. The molecule has 3 aromatic heterocycles. The van der Waals surface area contributed by atoms with E-state index in [9.17, 15) is 39.3 Å². The molecule has 0 spiro atoms. The number of likely N-dealkylation sites (tertiary alicyclic amines) is 1. The third-order valence-corrected chi connectivity index (χ3v) is 14.5. The summed E-state index contributed by atoms with van der Waals surface area (Å²) >= 11 is 0. The molecule has 1 unspecified atom stereocenters. The number of hydrogen-bond donors (Lipinski definition) is 4. The minimum absolute atomic E-state index is 0.00336. The lowest BCUT2D eigenvalue weighted by atomic mass is 9.72. The second-order valence-corrected chi connectivity index (χ2v) is 19.2. The lowest BCUT2D eigenvalue weighted by Crippen LogP contribution is -2.47. The monoisotopic (exact) mass is 1000 g/mol. The van der Waals surface area contributed by atoms with Crippen molar-refractivity contribution in [1.82, 2.24) is 34.5 Å². The molecule has 0 saturated carbocycles. The molecule has 3 aliphatic rings. The van der Waals surface area contributed by atoms with E-state index < -0.39 is 29.4 Å². The van der Waals surface area contributed by atoms with Gasteiger partial charge in [-0.25, -0.2) is 4.98 Å². The normalized spacial score (nSPS) is 16.1. The number of benzene rings is 4. The van der Waals surface area contributed by atoms with Crippen molar-refractivity contribution >= 4 is 34.7 Å². The molecule has 6 heterocycles. The summed E-state index contributed by atoms with van der Waals surface area (Å²) in [5.74, 6) is -0.977. The van der Waals surface area contributed by atoms with Crippen molar-refractivity contribution in [3.8, 4) is 57.2 Å². The van der Waals surface area contributed by atoms with Crippen LogP contribution >= 0.6 is 0 Å². The van der Waals surface area contributed by atoms with Crippen LogP contribution in [-0.2, 0) is 44.1 Å². The van der Waals surface area contributed by atoms with Gasteiger partial charge in [0.1, 0.15) is 46.9 Å². The van der Waals surface area contributed by atoms with Crippen LogP contribution < -0.4 is 15.6 Å². The van der Waals surface area contributed by atoms with Crippen molar-refractivity contribution in [2.45, 2.75) is 97.3 Å². The van der Waals surface area contributed by atoms with Crippen molar-refractivity contribution in [3.05, 3.63) is 134 Å². The summed E-state index contributed by atoms with van der Waals surface area (Å²) in [6.45, 7) is 10.5. The quantitative estimate of drug-likeness (QED) is 0.0802. The van der Waals surface area contributed by atoms with E-state index >= 15 is 0 Å². The average Bonchev–Trinajstić information content (AvgIpc) is 3.99. The van der Waals surface area contributed by atoms with Gasteiger partial charge in [-0.1, -0.05) is 27.7 Å². The van der Waals surface area contributed by atoms with E-state index in [1.54, 1.807) is 96.1 Å². The molecule has 3 aliphatic heterocycles. The molecule has 380 valence electrons. The topological polar surface area (TPSA) is 238 Å². The molecule has 2 amide bonds. The van der Waals surface area contributed by atoms with E-state index in [0.717, 1.165) is 16.5 Å². The van der Waals surface area contributed by atoms with Gasteiger partial charge in [0.2, 0.25) is 5.82 Å². The number of phenols is 3. The van der Waals surface area contributed by atoms with Crippen LogP contribution in [0.2, 0.25) is 0 Å². The molecule has 18 heteroatoms. The lowest BCUT2D eigenvalue weighted by Gasteiger charge is -2.36. The summed E-state index contributed by atoms with van der Waals surface area (Å²) in [7, 11) is 0. The summed E-state index contributed by atoms with van der Waals surface area (Å²) < 4.78 is 20.9. The summed E-state index contributed by atoms with van der Waals surface area (Å²) in [6.07, 6.45) is 0.757. The zero-order chi connectivity index (χ0) is 52.2. The SMILES string of the molecule is CCNC(=O)c1nnc(-c2cc(C(C)C)c(O)cc2O)n1-c1ccc(Oc2ccc(C(=O)N3CCC(OC(=O)CC4(CC)C(=O)OCc5c4cc4n(c5=O)Cc5c-4nc4ccc(O)cc4c5CC)CC3)cc2)cc1. The number of carbonyl (C=O) groups excluding carboxylic acids is 4. The van der Waals surface area contributed by atoms with Gasteiger partial charge in [-0.3, -0.25) is 28.5 Å². The molecule has 18 nitrogen and oxygen atoms in total. The highest BCUT2D eigenvalue weighted by molar-refractivity contribution is 5.95. The van der Waals surface area contributed by atoms with Crippen molar-refractivity contribution in [1.29, 1.82) is 0 Å². The van der Waals surface area contributed by atoms with Crippen LogP contribution in [0.4, 0.5) is 0 Å². The Hall–Kier alpha value is -8.54. The Morgan fingerprint density at radius 3 is 2.26 bits per heavy atom.